The van der Waals surface area contributed by atoms with E-state index in [1.54, 1.807) is 0 Å². The van der Waals surface area contributed by atoms with Crippen LogP contribution in [0, 0.1) is 12.7 Å². The molecule has 2 aromatic rings. The second-order valence-corrected chi connectivity index (χ2v) is 10.5. The van der Waals surface area contributed by atoms with Gasteiger partial charge in [0.2, 0.25) is 10.0 Å². The summed E-state index contributed by atoms with van der Waals surface area (Å²) in [4.78, 5) is 17.4. The lowest BCUT2D eigenvalue weighted by Gasteiger charge is -2.41. The number of hydrogen-bond donors (Lipinski definition) is 1. The molecule has 168 valence electrons. The van der Waals surface area contributed by atoms with Crippen molar-refractivity contribution in [1.29, 1.82) is 0 Å². The lowest BCUT2D eigenvalue weighted by atomic mass is 9.75. The highest BCUT2D eigenvalue weighted by molar-refractivity contribution is 7.89. The van der Waals surface area contributed by atoms with E-state index in [0.29, 0.717) is 32.4 Å². The molecule has 0 unspecified atom stereocenters. The maximum absolute atomic E-state index is 13.3. The summed E-state index contributed by atoms with van der Waals surface area (Å²) >= 11 is 6.03. The summed E-state index contributed by atoms with van der Waals surface area (Å²) in [6, 6.07) is 9.37. The number of sulfonamides is 1. The summed E-state index contributed by atoms with van der Waals surface area (Å²) in [6.07, 6.45) is 1.63. The van der Waals surface area contributed by atoms with Crippen LogP contribution in [0.1, 0.15) is 47.9 Å². The van der Waals surface area contributed by atoms with Crippen molar-refractivity contribution in [1.82, 2.24) is 14.6 Å². The van der Waals surface area contributed by atoms with Crippen LogP contribution in [0.5, 0.6) is 0 Å². The van der Waals surface area contributed by atoms with Crippen molar-refractivity contribution in [3.05, 3.63) is 64.2 Å². The molecule has 0 bridgehead atoms. The molecule has 1 aliphatic rings. The van der Waals surface area contributed by atoms with Crippen LogP contribution in [-0.4, -0.2) is 49.0 Å². The quantitative estimate of drug-likeness (QED) is 0.673. The van der Waals surface area contributed by atoms with E-state index in [1.165, 1.54) is 16.4 Å². The Morgan fingerprint density at radius 3 is 2.58 bits per heavy atom. The minimum Gasteiger partial charge on any atom is -0.351 e. The number of aromatic nitrogens is 1. The molecule has 0 spiro atoms. The van der Waals surface area contributed by atoms with E-state index in [0.717, 1.165) is 17.5 Å². The number of nitrogens with zero attached hydrogens (tertiary/aromatic N) is 2. The predicted molar refractivity (Wildman–Crippen MR) is 119 cm³/mol. The Labute approximate surface area is 187 Å². The average Bonchev–Trinajstić information content (AvgIpc) is 2.72. The van der Waals surface area contributed by atoms with E-state index < -0.39 is 27.2 Å². The maximum atomic E-state index is 13.3. The molecule has 0 saturated carbocycles. The van der Waals surface area contributed by atoms with E-state index in [4.69, 9.17) is 11.6 Å². The molecule has 0 aliphatic carbocycles. The smallest absolute Gasteiger partial charge is 0.252 e. The second kappa shape index (κ2) is 9.63. The van der Waals surface area contributed by atoms with Crippen molar-refractivity contribution in [2.24, 2.45) is 0 Å². The molecule has 1 aromatic carbocycles. The summed E-state index contributed by atoms with van der Waals surface area (Å²) in [7, 11) is -3.29. The van der Waals surface area contributed by atoms with Gasteiger partial charge in [-0.05, 0) is 56.5 Å². The molecule has 2 heterocycles. The third-order valence-corrected chi connectivity index (χ3v) is 8.12. The first-order chi connectivity index (χ1) is 14.7. The molecule has 6 nitrogen and oxygen atoms in total. The monoisotopic (exact) mass is 467 g/mol. The third kappa shape index (κ3) is 5.42. The molecule has 1 amide bonds. The summed E-state index contributed by atoms with van der Waals surface area (Å²) in [5.74, 6) is -0.789. The fourth-order valence-corrected chi connectivity index (χ4v) is 5.73. The zero-order chi connectivity index (χ0) is 22.6. The second-order valence-electron chi connectivity index (χ2n) is 7.97. The van der Waals surface area contributed by atoms with E-state index in [1.807, 2.05) is 32.0 Å². The van der Waals surface area contributed by atoms with Gasteiger partial charge in [0.25, 0.3) is 5.91 Å². The number of carbonyl (C=O) groups is 1. The van der Waals surface area contributed by atoms with Crippen molar-refractivity contribution in [3.63, 3.8) is 0 Å². The van der Waals surface area contributed by atoms with Crippen LogP contribution in [0.3, 0.4) is 0 Å². The molecule has 1 aromatic heterocycles. The number of carbonyl (C=O) groups excluding carboxylic acids is 1. The van der Waals surface area contributed by atoms with Gasteiger partial charge in [-0.3, -0.25) is 9.78 Å². The Balaban J connectivity index is 1.82. The first-order valence-electron chi connectivity index (χ1n) is 10.3. The number of benzene rings is 1. The number of aryl methyl sites for hydroxylation is 1. The molecule has 1 N–H and O–H groups in total. The molecular formula is C22H27ClFN3O3S. The lowest BCUT2D eigenvalue weighted by Crippen LogP contribution is -2.51. The highest BCUT2D eigenvalue weighted by Gasteiger charge is 2.40. The van der Waals surface area contributed by atoms with Crippen LogP contribution in [0.15, 0.2) is 36.4 Å². The van der Waals surface area contributed by atoms with Gasteiger partial charge >= 0.3 is 0 Å². The maximum Gasteiger partial charge on any atom is 0.252 e. The van der Waals surface area contributed by atoms with Crippen LogP contribution in [0.4, 0.5) is 4.39 Å². The molecule has 0 atom stereocenters. The van der Waals surface area contributed by atoms with Crippen LogP contribution >= 0.6 is 11.6 Å². The predicted octanol–water partition coefficient (Wildman–Crippen LogP) is 3.69. The van der Waals surface area contributed by atoms with Crippen LogP contribution in [0.2, 0.25) is 5.02 Å². The molecule has 1 saturated heterocycles. The number of hydrogen-bond acceptors (Lipinski definition) is 4. The van der Waals surface area contributed by atoms with Crippen molar-refractivity contribution in [3.8, 4) is 0 Å². The Morgan fingerprint density at radius 2 is 1.97 bits per heavy atom. The molecule has 0 radical (unpaired) electrons. The zero-order valence-electron chi connectivity index (χ0n) is 17.7. The standard InChI is InChI=1S/C22H27ClFN3O3S/c1-3-13-31(29,30)27-11-9-22(10-12-27,20-6-4-5-16(2)26-20)15-25-21(28)18-8-7-17(24)14-19(18)23/h4-8,14H,3,9-13,15H2,1-2H3,(H,25,28). The van der Waals surface area contributed by atoms with Gasteiger partial charge in [0.05, 0.1) is 16.3 Å². The van der Waals surface area contributed by atoms with Gasteiger partial charge in [-0.15, -0.1) is 0 Å². The Hall–Kier alpha value is -2.03. The molecule has 9 heteroatoms. The Bertz CT molecular complexity index is 1050. The van der Waals surface area contributed by atoms with E-state index >= 15 is 0 Å². The van der Waals surface area contributed by atoms with Gasteiger partial charge in [0, 0.05) is 36.4 Å². The van der Waals surface area contributed by atoms with Crippen molar-refractivity contribution >= 4 is 27.5 Å². The third-order valence-electron chi connectivity index (χ3n) is 5.73. The number of pyridine rings is 1. The minimum atomic E-state index is -3.29. The van der Waals surface area contributed by atoms with Crippen LogP contribution in [-0.2, 0) is 15.4 Å². The van der Waals surface area contributed by atoms with Gasteiger partial charge in [-0.1, -0.05) is 24.6 Å². The largest absolute Gasteiger partial charge is 0.351 e. The first-order valence-corrected chi connectivity index (χ1v) is 12.3. The van der Waals surface area contributed by atoms with Crippen LogP contribution < -0.4 is 5.32 Å². The van der Waals surface area contributed by atoms with Gasteiger partial charge in [0.15, 0.2) is 0 Å². The number of rotatable bonds is 7. The molecule has 1 fully saturated rings. The normalized spacial score (nSPS) is 16.8. The van der Waals surface area contributed by atoms with Gasteiger partial charge < -0.3 is 5.32 Å². The highest BCUT2D eigenvalue weighted by atomic mass is 35.5. The zero-order valence-corrected chi connectivity index (χ0v) is 19.3. The van der Waals surface area contributed by atoms with Crippen molar-refractivity contribution < 1.29 is 17.6 Å². The fraction of sp³-hybridized carbons (Fsp3) is 0.455. The SMILES string of the molecule is CCCS(=O)(=O)N1CCC(CNC(=O)c2ccc(F)cc2Cl)(c2cccc(C)n2)CC1. The summed E-state index contributed by atoms with van der Waals surface area (Å²) in [5, 5.41) is 2.96. The number of piperidine rings is 1. The molecular weight excluding hydrogens is 441 g/mol. The first kappa shape index (κ1) is 23.6. The molecule has 1 aliphatic heterocycles. The average molecular weight is 468 g/mol. The van der Waals surface area contributed by atoms with E-state index in [2.05, 4.69) is 10.3 Å². The topological polar surface area (TPSA) is 79.4 Å². The highest BCUT2D eigenvalue weighted by Crippen LogP contribution is 2.35. The minimum absolute atomic E-state index is 0.0423. The van der Waals surface area contributed by atoms with Gasteiger partial charge in [0.1, 0.15) is 5.82 Å². The van der Waals surface area contributed by atoms with Crippen molar-refractivity contribution in [2.45, 2.75) is 38.5 Å². The summed E-state index contributed by atoms with van der Waals surface area (Å²) in [5.41, 5.74) is 1.36. The van der Waals surface area contributed by atoms with Crippen molar-refractivity contribution in [2.75, 3.05) is 25.4 Å². The molecule has 3 rings (SSSR count). The number of nitrogens with one attached hydrogen (secondary N) is 1. The fourth-order valence-electron chi connectivity index (χ4n) is 3.96. The Kier molecular flexibility index (Phi) is 7.34. The van der Waals surface area contributed by atoms with Gasteiger partial charge in [-0.2, -0.15) is 0 Å². The summed E-state index contributed by atoms with van der Waals surface area (Å²) < 4.78 is 39.8. The number of halogens is 2. The molecule has 31 heavy (non-hydrogen) atoms. The van der Waals surface area contributed by atoms with Gasteiger partial charge in [-0.25, -0.2) is 17.1 Å². The van der Waals surface area contributed by atoms with Crippen LogP contribution in [0.25, 0.3) is 0 Å². The van der Waals surface area contributed by atoms with E-state index in [-0.39, 0.29) is 22.9 Å². The van der Waals surface area contributed by atoms with E-state index in [9.17, 15) is 17.6 Å². The number of amides is 1. The Morgan fingerprint density at radius 1 is 1.26 bits per heavy atom. The lowest BCUT2D eigenvalue weighted by molar-refractivity contribution is 0.0932. The summed E-state index contributed by atoms with van der Waals surface area (Å²) in [6.45, 7) is 4.75.